The quantitative estimate of drug-likeness (QED) is 0.290. The Morgan fingerprint density at radius 2 is 1.11 bits per heavy atom. The molecule has 1 heterocycles. The fourth-order valence-electron chi connectivity index (χ4n) is 3.33. The molecule has 1 aliphatic rings. The maximum absolute atomic E-state index is 6.58. The van der Waals surface area contributed by atoms with Crippen molar-refractivity contribution < 1.29 is 0 Å². The molecule has 1 nitrogen and oxygen atoms in total. The molecular formula is C24H16ClNS2. The van der Waals surface area contributed by atoms with Gasteiger partial charge in [-0.25, -0.2) is 0 Å². The largest absolute Gasteiger partial charge is 0.309 e. The molecule has 0 N–H and O–H groups in total. The Kier molecular flexibility index (Phi) is 4.81. The molecule has 0 aromatic heterocycles. The Morgan fingerprint density at radius 3 is 1.71 bits per heavy atom. The van der Waals surface area contributed by atoms with E-state index in [0.717, 1.165) is 22.1 Å². The first-order valence-electron chi connectivity index (χ1n) is 8.98. The van der Waals surface area contributed by atoms with Crippen molar-refractivity contribution in [3.05, 3.63) is 102 Å². The van der Waals surface area contributed by atoms with Gasteiger partial charge in [0.25, 0.3) is 0 Å². The van der Waals surface area contributed by atoms with Gasteiger partial charge in [0.2, 0.25) is 0 Å². The predicted octanol–water partition coefficient (Wildman–Crippen LogP) is 8.43. The van der Waals surface area contributed by atoms with Crippen molar-refractivity contribution in [2.45, 2.75) is 19.6 Å². The summed E-state index contributed by atoms with van der Waals surface area (Å²) in [6.07, 6.45) is 0. The molecule has 28 heavy (non-hydrogen) atoms. The molecule has 0 atom stereocenters. The lowest BCUT2D eigenvalue weighted by Gasteiger charge is -2.30. The minimum absolute atomic E-state index is 0.748. The topological polar surface area (TPSA) is 3.24 Å². The van der Waals surface area contributed by atoms with Crippen molar-refractivity contribution in [1.29, 1.82) is 0 Å². The first-order chi connectivity index (χ1) is 13.8. The average molecular weight is 418 g/mol. The van der Waals surface area contributed by atoms with E-state index >= 15 is 0 Å². The Morgan fingerprint density at radius 1 is 0.571 bits per heavy atom. The third-order valence-corrected chi connectivity index (χ3v) is 7.35. The monoisotopic (exact) mass is 417 g/mol. The number of benzene rings is 4. The molecular weight excluding hydrogens is 402 g/mol. The fourth-order valence-corrected chi connectivity index (χ4v) is 5.99. The van der Waals surface area contributed by atoms with Gasteiger partial charge in [-0.3, -0.25) is 0 Å². The molecule has 0 fully saturated rings. The van der Waals surface area contributed by atoms with Crippen LogP contribution in [-0.4, -0.2) is 0 Å². The lowest BCUT2D eigenvalue weighted by atomic mass is 10.2. The minimum Gasteiger partial charge on any atom is -0.309 e. The van der Waals surface area contributed by atoms with Crippen molar-refractivity contribution in [1.82, 2.24) is 0 Å². The summed E-state index contributed by atoms with van der Waals surface area (Å²) in [5, 5.41) is 0.748. The second-order valence-electron chi connectivity index (χ2n) is 6.41. The molecule has 0 bridgehead atoms. The van der Waals surface area contributed by atoms with Crippen LogP contribution in [0, 0.1) is 0 Å². The first kappa shape index (κ1) is 17.7. The number of nitrogens with zero attached hydrogens (tertiary/aromatic N) is 1. The summed E-state index contributed by atoms with van der Waals surface area (Å²) < 4.78 is 0. The molecule has 0 amide bonds. The lowest BCUT2D eigenvalue weighted by Crippen LogP contribution is -2.11. The second-order valence-corrected chi connectivity index (χ2v) is 8.98. The summed E-state index contributed by atoms with van der Waals surface area (Å²) in [5.74, 6) is 0. The highest BCUT2D eigenvalue weighted by molar-refractivity contribution is 8.05. The lowest BCUT2D eigenvalue weighted by molar-refractivity contribution is 1.12. The van der Waals surface area contributed by atoms with E-state index < -0.39 is 0 Å². The number of rotatable bonds is 3. The van der Waals surface area contributed by atoms with E-state index in [9.17, 15) is 0 Å². The van der Waals surface area contributed by atoms with Crippen molar-refractivity contribution >= 4 is 52.2 Å². The molecule has 0 saturated carbocycles. The molecule has 4 aromatic carbocycles. The van der Waals surface area contributed by atoms with E-state index in [-0.39, 0.29) is 0 Å². The zero-order valence-electron chi connectivity index (χ0n) is 14.9. The number of hydrogen-bond donors (Lipinski definition) is 0. The third-order valence-electron chi connectivity index (χ3n) is 4.55. The van der Waals surface area contributed by atoms with Gasteiger partial charge in [0.15, 0.2) is 0 Å². The zero-order chi connectivity index (χ0) is 18.9. The Labute approximate surface area is 178 Å². The summed E-state index contributed by atoms with van der Waals surface area (Å²) in [6, 6.07) is 33.6. The summed E-state index contributed by atoms with van der Waals surface area (Å²) >= 11 is 10.2. The van der Waals surface area contributed by atoms with Gasteiger partial charge in [-0.05, 0) is 48.5 Å². The number of hydrogen-bond acceptors (Lipinski definition) is 3. The Hall–Kier alpha value is -2.33. The minimum atomic E-state index is 0.748. The van der Waals surface area contributed by atoms with Crippen molar-refractivity contribution in [3.8, 4) is 0 Å². The van der Waals surface area contributed by atoms with E-state index in [2.05, 4.69) is 89.8 Å². The summed E-state index contributed by atoms with van der Waals surface area (Å²) in [4.78, 5) is 7.28. The molecule has 0 saturated heterocycles. The molecule has 4 heteroatoms. The average Bonchev–Trinajstić information content (AvgIpc) is 2.74. The molecule has 0 unspecified atom stereocenters. The summed E-state index contributed by atoms with van der Waals surface area (Å²) in [7, 11) is 0. The number of fused-ring (bicyclic) bond motifs is 2. The molecule has 0 radical (unpaired) electrons. The molecule has 5 rings (SSSR count). The van der Waals surface area contributed by atoms with Crippen LogP contribution in [0.4, 0.5) is 17.1 Å². The van der Waals surface area contributed by atoms with Crippen LogP contribution in [0.5, 0.6) is 0 Å². The van der Waals surface area contributed by atoms with Gasteiger partial charge < -0.3 is 4.90 Å². The highest BCUT2D eigenvalue weighted by Crippen LogP contribution is 2.54. The van der Waals surface area contributed by atoms with Gasteiger partial charge in [0.05, 0.1) is 10.6 Å². The Bertz CT molecular complexity index is 1090. The van der Waals surface area contributed by atoms with Crippen molar-refractivity contribution in [3.63, 3.8) is 0 Å². The summed E-state index contributed by atoms with van der Waals surface area (Å²) in [6.45, 7) is 0. The molecule has 1 aliphatic heterocycles. The molecule has 4 aromatic rings. The second kappa shape index (κ2) is 7.59. The predicted molar refractivity (Wildman–Crippen MR) is 121 cm³/mol. The van der Waals surface area contributed by atoms with Crippen LogP contribution >= 0.6 is 35.1 Å². The van der Waals surface area contributed by atoms with Gasteiger partial charge in [-0.1, -0.05) is 83.7 Å². The highest BCUT2D eigenvalue weighted by atomic mass is 35.5. The van der Waals surface area contributed by atoms with Crippen LogP contribution in [0.25, 0.3) is 0 Å². The standard InChI is InChI=1S/C24H16ClNS2/c25-17-15-20(24-23(16-17)27-21-13-7-8-14-22(21)28-24)26(18-9-3-1-4-10-18)19-11-5-2-6-12-19/h1-16H. The first-order valence-corrected chi connectivity index (χ1v) is 11.0. The van der Waals surface area contributed by atoms with Gasteiger partial charge in [-0.2, -0.15) is 0 Å². The van der Waals surface area contributed by atoms with E-state index in [1.165, 1.54) is 19.6 Å². The highest BCUT2D eigenvalue weighted by Gasteiger charge is 2.24. The van der Waals surface area contributed by atoms with Crippen molar-refractivity contribution in [2.75, 3.05) is 4.90 Å². The van der Waals surface area contributed by atoms with E-state index in [4.69, 9.17) is 11.6 Å². The van der Waals surface area contributed by atoms with Gasteiger partial charge in [-0.15, -0.1) is 0 Å². The van der Waals surface area contributed by atoms with E-state index in [1.54, 1.807) is 11.8 Å². The smallest absolute Gasteiger partial charge is 0.0627 e. The number of anilines is 3. The van der Waals surface area contributed by atoms with Crippen LogP contribution in [0.15, 0.2) is 117 Å². The maximum atomic E-state index is 6.58. The zero-order valence-corrected chi connectivity index (χ0v) is 17.3. The van der Waals surface area contributed by atoms with Crippen LogP contribution in [0.2, 0.25) is 5.02 Å². The third kappa shape index (κ3) is 3.30. The van der Waals surface area contributed by atoms with Gasteiger partial charge in [0.1, 0.15) is 0 Å². The van der Waals surface area contributed by atoms with Crippen LogP contribution in [0.3, 0.4) is 0 Å². The van der Waals surface area contributed by atoms with E-state index in [0.29, 0.717) is 0 Å². The molecule has 0 aliphatic carbocycles. The molecule has 0 spiro atoms. The van der Waals surface area contributed by atoms with Crippen molar-refractivity contribution in [2.24, 2.45) is 0 Å². The fraction of sp³-hybridized carbons (Fsp3) is 0. The maximum Gasteiger partial charge on any atom is 0.0627 e. The molecule has 136 valence electrons. The Balaban J connectivity index is 1.72. The van der Waals surface area contributed by atoms with Crippen LogP contribution < -0.4 is 4.90 Å². The number of halogens is 1. The SMILES string of the molecule is Clc1cc2c(c(N(c3ccccc3)c3ccccc3)c1)Sc1ccccc1S2. The van der Waals surface area contributed by atoms with Gasteiger partial charge in [0, 0.05) is 31.1 Å². The van der Waals surface area contributed by atoms with Crippen LogP contribution in [-0.2, 0) is 0 Å². The number of para-hydroxylation sites is 2. The normalized spacial score (nSPS) is 12.2. The van der Waals surface area contributed by atoms with Gasteiger partial charge >= 0.3 is 0 Å². The van der Waals surface area contributed by atoms with Crippen LogP contribution in [0.1, 0.15) is 0 Å². The summed E-state index contributed by atoms with van der Waals surface area (Å²) in [5.41, 5.74) is 3.33. The van der Waals surface area contributed by atoms with E-state index in [1.807, 2.05) is 23.9 Å².